The Kier molecular flexibility index (Phi) is 9.44. The Labute approximate surface area is 114 Å². The number of carboxylic acids is 1. The van der Waals surface area contributed by atoms with E-state index >= 15 is 0 Å². The Balaban J connectivity index is 3.73. The third-order valence-corrected chi connectivity index (χ3v) is 2.56. The van der Waals surface area contributed by atoms with Gasteiger partial charge in [-0.15, -0.1) is 0 Å². The first-order chi connectivity index (χ1) is 8.99. The number of aliphatic carboxylic acids is 1. The molecule has 0 unspecified atom stereocenters. The van der Waals surface area contributed by atoms with E-state index in [0.29, 0.717) is 37.1 Å². The Bertz CT molecular complexity index is 358. The Morgan fingerprint density at radius 1 is 1.11 bits per heavy atom. The SMILES string of the molecule is CC(=CCCCCOC(=O)C(C)=CCCN)C(=O)O. The number of ether oxygens (including phenoxy) is 1. The quantitative estimate of drug-likeness (QED) is 0.380. The number of allylic oxidation sites excluding steroid dienone is 1. The average molecular weight is 269 g/mol. The number of unbranched alkanes of at least 4 members (excludes halogenated alkanes) is 2. The van der Waals surface area contributed by atoms with E-state index in [1.54, 1.807) is 26.0 Å². The summed E-state index contributed by atoms with van der Waals surface area (Å²) < 4.78 is 5.07. The van der Waals surface area contributed by atoms with E-state index < -0.39 is 5.97 Å². The molecule has 0 atom stereocenters. The van der Waals surface area contributed by atoms with E-state index in [2.05, 4.69) is 0 Å². The van der Waals surface area contributed by atoms with Crippen LogP contribution in [0.1, 0.15) is 39.5 Å². The molecule has 0 fully saturated rings. The van der Waals surface area contributed by atoms with Gasteiger partial charge in [0.25, 0.3) is 0 Å². The van der Waals surface area contributed by atoms with Gasteiger partial charge in [-0.3, -0.25) is 0 Å². The third-order valence-electron chi connectivity index (χ3n) is 2.56. The summed E-state index contributed by atoms with van der Waals surface area (Å²) in [5.41, 5.74) is 6.25. The van der Waals surface area contributed by atoms with Gasteiger partial charge in [0.15, 0.2) is 0 Å². The Morgan fingerprint density at radius 2 is 1.74 bits per heavy atom. The molecule has 0 saturated carbocycles. The third kappa shape index (κ3) is 9.02. The number of nitrogens with two attached hydrogens (primary N) is 1. The number of hydrogen-bond donors (Lipinski definition) is 2. The molecule has 0 aliphatic heterocycles. The molecule has 0 aromatic heterocycles. The molecule has 5 heteroatoms. The second kappa shape index (κ2) is 10.3. The maximum atomic E-state index is 11.5. The topological polar surface area (TPSA) is 89.6 Å². The fraction of sp³-hybridized carbons (Fsp3) is 0.571. The highest BCUT2D eigenvalue weighted by Gasteiger charge is 2.04. The van der Waals surface area contributed by atoms with Gasteiger partial charge in [0.1, 0.15) is 0 Å². The van der Waals surface area contributed by atoms with E-state index in [4.69, 9.17) is 15.6 Å². The van der Waals surface area contributed by atoms with Crippen molar-refractivity contribution in [1.82, 2.24) is 0 Å². The molecule has 0 heterocycles. The molecule has 108 valence electrons. The molecule has 5 nitrogen and oxygen atoms in total. The second-order valence-electron chi connectivity index (χ2n) is 4.29. The number of rotatable bonds is 9. The highest BCUT2D eigenvalue weighted by Crippen LogP contribution is 2.04. The summed E-state index contributed by atoms with van der Waals surface area (Å²) in [4.78, 5) is 22.0. The van der Waals surface area contributed by atoms with Crippen molar-refractivity contribution >= 4 is 11.9 Å². The Morgan fingerprint density at radius 3 is 2.32 bits per heavy atom. The van der Waals surface area contributed by atoms with Gasteiger partial charge in [-0.2, -0.15) is 0 Å². The summed E-state index contributed by atoms with van der Waals surface area (Å²) in [7, 11) is 0. The molecule has 0 aromatic carbocycles. The fourth-order valence-corrected chi connectivity index (χ4v) is 1.31. The number of hydrogen-bond acceptors (Lipinski definition) is 4. The molecule has 0 rings (SSSR count). The predicted molar refractivity (Wildman–Crippen MR) is 73.6 cm³/mol. The van der Waals surface area contributed by atoms with Gasteiger partial charge in [0.05, 0.1) is 6.61 Å². The van der Waals surface area contributed by atoms with Gasteiger partial charge < -0.3 is 15.6 Å². The molecule has 0 aromatic rings. The molecule has 0 bridgehead atoms. The van der Waals surface area contributed by atoms with Crippen LogP contribution in [-0.4, -0.2) is 30.2 Å². The lowest BCUT2D eigenvalue weighted by Crippen LogP contribution is -2.08. The van der Waals surface area contributed by atoms with Crippen LogP contribution >= 0.6 is 0 Å². The smallest absolute Gasteiger partial charge is 0.333 e. The molecule has 0 radical (unpaired) electrons. The number of carbonyl (C=O) groups excluding carboxylic acids is 1. The van der Waals surface area contributed by atoms with Gasteiger partial charge >= 0.3 is 11.9 Å². The summed E-state index contributed by atoms with van der Waals surface area (Å²) >= 11 is 0. The van der Waals surface area contributed by atoms with Crippen LogP contribution < -0.4 is 5.73 Å². The van der Waals surface area contributed by atoms with Crippen LogP contribution in [0.3, 0.4) is 0 Å². The van der Waals surface area contributed by atoms with Crippen LogP contribution in [0, 0.1) is 0 Å². The molecular weight excluding hydrogens is 246 g/mol. The van der Waals surface area contributed by atoms with Crippen molar-refractivity contribution in [3.63, 3.8) is 0 Å². The number of carboxylic acid groups (broad SMARTS) is 1. The van der Waals surface area contributed by atoms with Crippen LogP contribution in [0.25, 0.3) is 0 Å². The van der Waals surface area contributed by atoms with Crippen LogP contribution in [0.4, 0.5) is 0 Å². The summed E-state index contributed by atoms with van der Waals surface area (Å²) in [6, 6.07) is 0. The summed E-state index contributed by atoms with van der Waals surface area (Å²) in [6.07, 6.45) is 6.30. The molecule has 3 N–H and O–H groups in total. The molecule has 0 spiro atoms. The van der Waals surface area contributed by atoms with Crippen molar-refractivity contribution in [3.8, 4) is 0 Å². The first kappa shape index (κ1) is 17.4. The predicted octanol–water partition coefficient (Wildman–Crippen LogP) is 2.03. The molecule has 0 aliphatic carbocycles. The van der Waals surface area contributed by atoms with Crippen molar-refractivity contribution < 1.29 is 19.4 Å². The van der Waals surface area contributed by atoms with Gasteiger partial charge in [-0.05, 0) is 46.1 Å². The average Bonchev–Trinajstić information content (AvgIpc) is 2.38. The molecule has 19 heavy (non-hydrogen) atoms. The lowest BCUT2D eigenvalue weighted by Gasteiger charge is -2.04. The molecular formula is C14H23NO4. The van der Waals surface area contributed by atoms with Gasteiger partial charge in [0, 0.05) is 11.1 Å². The van der Waals surface area contributed by atoms with E-state index in [1.807, 2.05) is 0 Å². The normalized spacial score (nSPS) is 12.4. The fourth-order valence-electron chi connectivity index (χ4n) is 1.31. The zero-order valence-electron chi connectivity index (χ0n) is 11.6. The monoisotopic (exact) mass is 269 g/mol. The minimum Gasteiger partial charge on any atom is -0.478 e. The highest BCUT2D eigenvalue weighted by molar-refractivity contribution is 5.87. The van der Waals surface area contributed by atoms with E-state index in [1.165, 1.54) is 0 Å². The van der Waals surface area contributed by atoms with Crippen LogP contribution in [-0.2, 0) is 14.3 Å². The first-order valence-electron chi connectivity index (χ1n) is 6.43. The molecule has 0 amide bonds. The summed E-state index contributed by atoms with van der Waals surface area (Å²) in [6.45, 7) is 4.14. The lowest BCUT2D eigenvalue weighted by molar-refractivity contribution is -0.139. The largest absolute Gasteiger partial charge is 0.478 e. The van der Waals surface area contributed by atoms with E-state index in [9.17, 15) is 9.59 Å². The van der Waals surface area contributed by atoms with E-state index in [-0.39, 0.29) is 5.97 Å². The number of esters is 1. The zero-order valence-corrected chi connectivity index (χ0v) is 11.6. The van der Waals surface area contributed by atoms with Gasteiger partial charge in [0.2, 0.25) is 0 Å². The van der Waals surface area contributed by atoms with Gasteiger partial charge in [-0.25, -0.2) is 9.59 Å². The van der Waals surface area contributed by atoms with Gasteiger partial charge in [-0.1, -0.05) is 12.2 Å². The first-order valence-corrected chi connectivity index (χ1v) is 6.43. The minimum atomic E-state index is -0.896. The van der Waals surface area contributed by atoms with Crippen molar-refractivity contribution in [2.24, 2.45) is 5.73 Å². The zero-order chi connectivity index (χ0) is 14.7. The molecule has 0 saturated heterocycles. The standard InChI is InChI=1S/C14H23NO4/c1-11(13(16)17)7-4-3-5-10-19-14(18)12(2)8-6-9-15/h7-8H,3-6,9-10,15H2,1-2H3,(H,16,17). The minimum absolute atomic E-state index is 0.314. The van der Waals surface area contributed by atoms with Crippen molar-refractivity contribution in [3.05, 3.63) is 23.3 Å². The highest BCUT2D eigenvalue weighted by atomic mass is 16.5. The van der Waals surface area contributed by atoms with Crippen molar-refractivity contribution in [1.29, 1.82) is 0 Å². The van der Waals surface area contributed by atoms with Crippen LogP contribution in [0.2, 0.25) is 0 Å². The maximum Gasteiger partial charge on any atom is 0.333 e. The summed E-state index contributed by atoms with van der Waals surface area (Å²) in [5, 5.41) is 8.64. The number of carbonyl (C=O) groups is 2. The van der Waals surface area contributed by atoms with Crippen molar-refractivity contribution in [2.75, 3.05) is 13.2 Å². The lowest BCUT2D eigenvalue weighted by atomic mass is 10.2. The second-order valence-corrected chi connectivity index (χ2v) is 4.29. The van der Waals surface area contributed by atoms with Crippen molar-refractivity contribution in [2.45, 2.75) is 39.5 Å². The Hall–Kier alpha value is -1.62. The van der Waals surface area contributed by atoms with E-state index in [0.717, 1.165) is 12.8 Å². The molecule has 0 aliphatic rings. The van der Waals surface area contributed by atoms with Crippen LogP contribution in [0.15, 0.2) is 23.3 Å². The maximum absolute atomic E-state index is 11.5. The summed E-state index contributed by atoms with van der Waals surface area (Å²) in [5.74, 6) is -1.21. The van der Waals surface area contributed by atoms with Crippen LogP contribution in [0.5, 0.6) is 0 Å².